The van der Waals surface area contributed by atoms with Crippen LogP contribution in [-0.2, 0) is 16.1 Å². The van der Waals surface area contributed by atoms with Gasteiger partial charge in [0, 0.05) is 31.1 Å². The minimum atomic E-state index is -0.562. The van der Waals surface area contributed by atoms with Crippen LogP contribution in [0, 0.1) is 0 Å². The maximum atomic E-state index is 12.6. The molecule has 2 amide bonds. The van der Waals surface area contributed by atoms with E-state index in [2.05, 4.69) is 4.57 Å². The van der Waals surface area contributed by atoms with Crippen molar-refractivity contribution in [2.24, 2.45) is 5.73 Å². The van der Waals surface area contributed by atoms with E-state index in [0.717, 1.165) is 17.8 Å². The monoisotopic (exact) mass is 369 g/mol. The van der Waals surface area contributed by atoms with Crippen molar-refractivity contribution in [2.75, 3.05) is 20.3 Å². The standard InChI is InChI=1S/C20H23N3O4/c1-14-16-4-3-9-22(16)10-11-23(14)20(25)8-6-15-5-7-17(18(12-15)26-2)27-13-19(21)24/h3-9,12,14H,10-11,13H2,1-2H3,(H2,21,24)/b8-6-/t14-/m1/s1. The van der Waals surface area contributed by atoms with Crippen LogP contribution in [0.2, 0.25) is 0 Å². The van der Waals surface area contributed by atoms with Crippen LogP contribution < -0.4 is 15.2 Å². The number of nitrogens with zero attached hydrogens (tertiary/aromatic N) is 2. The molecule has 0 bridgehead atoms. The van der Waals surface area contributed by atoms with Crippen molar-refractivity contribution in [1.82, 2.24) is 9.47 Å². The maximum Gasteiger partial charge on any atom is 0.255 e. The molecule has 0 spiro atoms. The lowest BCUT2D eigenvalue weighted by Gasteiger charge is -2.34. The number of fused-ring (bicyclic) bond motifs is 1. The first kappa shape index (κ1) is 18.6. The van der Waals surface area contributed by atoms with Gasteiger partial charge in [0.2, 0.25) is 5.91 Å². The van der Waals surface area contributed by atoms with Gasteiger partial charge in [-0.2, -0.15) is 0 Å². The van der Waals surface area contributed by atoms with Crippen LogP contribution >= 0.6 is 0 Å². The highest BCUT2D eigenvalue weighted by Crippen LogP contribution is 2.29. The third kappa shape index (κ3) is 4.13. The Kier molecular flexibility index (Phi) is 5.49. The Morgan fingerprint density at radius 3 is 2.81 bits per heavy atom. The van der Waals surface area contributed by atoms with Crippen LogP contribution in [-0.4, -0.2) is 41.5 Å². The van der Waals surface area contributed by atoms with Gasteiger partial charge in [-0.25, -0.2) is 0 Å². The Bertz CT molecular complexity index is 872. The molecule has 0 unspecified atom stereocenters. The fourth-order valence-electron chi connectivity index (χ4n) is 3.20. The van der Waals surface area contributed by atoms with Crippen molar-refractivity contribution in [3.8, 4) is 11.5 Å². The van der Waals surface area contributed by atoms with E-state index >= 15 is 0 Å². The molecule has 0 radical (unpaired) electrons. The van der Waals surface area contributed by atoms with E-state index in [1.807, 2.05) is 30.2 Å². The zero-order chi connectivity index (χ0) is 19.4. The van der Waals surface area contributed by atoms with Crippen molar-refractivity contribution >= 4 is 17.9 Å². The fraction of sp³-hybridized carbons (Fsp3) is 0.300. The summed E-state index contributed by atoms with van der Waals surface area (Å²) in [4.78, 5) is 25.3. The van der Waals surface area contributed by atoms with E-state index in [1.165, 1.54) is 7.11 Å². The molecule has 2 heterocycles. The average molecular weight is 369 g/mol. The molecule has 27 heavy (non-hydrogen) atoms. The summed E-state index contributed by atoms with van der Waals surface area (Å²) in [7, 11) is 1.51. The second kappa shape index (κ2) is 7.99. The Labute approximate surface area is 158 Å². The summed E-state index contributed by atoms with van der Waals surface area (Å²) >= 11 is 0. The highest BCUT2D eigenvalue weighted by Gasteiger charge is 2.25. The molecule has 0 saturated carbocycles. The molecule has 1 aromatic carbocycles. The number of rotatable bonds is 6. The fourth-order valence-corrected chi connectivity index (χ4v) is 3.20. The zero-order valence-electron chi connectivity index (χ0n) is 15.4. The Balaban J connectivity index is 1.70. The second-order valence-electron chi connectivity index (χ2n) is 6.33. The summed E-state index contributed by atoms with van der Waals surface area (Å²) in [6.45, 7) is 3.28. The van der Waals surface area contributed by atoms with E-state index in [0.29, 0.717) is 18.0 Å². The van der Waals surface area contributed by atoms with Crippen LogP contribution in [0.5, 0.6) is 11.5 Å². The summed E-state index contributed by atoms with van der Waals surface area (Å²) in [5, 5.41) is 0. The molecular weight excluding hydrogens is 346 g/mol. The van der Waals surface area contributed by atoms with Gasteiger partial charge in [0.05, 0.1) is 13.2 Å². The number of hydrogen-bond acceptors (Lipinski definition) is 4. The van der Waals surface area contributed by atoms with Crippen LogP contribution in [0.3, 0.4) is 0 Å². The van der Waals surface area contributed by atoms with E-state index in [4.69, 9.17) is 15.2 Å². The lowest BCUT2D eigenvalue weighted by molar-refractivity contribution is -0.129. The first-order chi connectivity index (χ1) is 13.0. The van der Waals surface area contributed by atoms with E-state index in [1.54, 1.807) is 30.4 Å². The number of nitrogens with two attached hydrogens (primary N) is 1. The minimum Gasteiger partial charge on any atom is -0.493 e. The van der Waals surface area contributed by atoms with Crippen molar-refractivity contribution in [3.63, 3.8) is 0 Å². The van der Waals surface area contributed by atoms with Crippen molar-refractivity contribution in [2.45, 2.75) is 19.5 Å². The maximum absolute atomic E-state index is 12.6. The number of carbonyl (C=O) groups excluding carboxylic acids is 2. The third-order valence-corrected chi connectivity index (χ3v) is 4.60. The van der Waals surface area contributed by atoms with E-state index in [-0.39, 0.29) is 18.6 Å². The lowest BCUT2D eigenvalue weighted by atomic mass is 10.1. The molecule has 1 aliphatic rings. The SMILES string of the molecule is COc1cc(/C=C\C(=O)N2CCn3cccc3[C@H]2C)ccc1OCC(N)=O. The van der Waals surface area contributed by atoms with E-state index < -0.39 is 5.91 Å². The number of ether oxygens (including phenoxy) is 2. The molecule has 1 aliphatic heterocycles. The molecule has 7 nitrogen and oxygen atoms in total. The quantitative estimate of drug-likeness (QED) is 0.789. The predicted molar refractivity (Wildman–Crippen MR) is 101 cm³/mol. The third-order valence-electron chi connectivity index (χ3n) is 4.60. The normalized spacial score (nSPS) is 16.2. The Morgan fingerprint density at radius 2 is 2.07 bits per heavy atom. The number of hydrogen-bond donors (Lipinski definition) is 1. The number of amides is 2. The van der Waals surface area contributed by atoms with Gasteiger partial charge in [0.25, 0.3) is 5.91 Å². The summed E-state index contributed by atoms with van der Waals surface area (Å²) in [6, 6.07) is 9.29. The van der Waals surface area contributed by atoms with Crippen LogP contribution in [0.25, 0.3) is 6.08 Å². The zero-order valence-corrected chi connectivity index (χ0v) is 15.4. The Hall–Kier alpha value is -3.22. The first-order valence-electron chi connectivity index (χ1n) is 8.72. The molecular formula is C20H23N3O4. The molecule has 1 aromatic heterocycles. The first-order valence-corrected chi connectivity index (χ1v) is 8.72. The molecule has 2 N–H and O–H groups in total. The van der Waals surface area contributed by atoms with Crippen molar-refractivity contribution < 1.29 is 19.1 Å². The highest BCUT2D eigenvalue weighted by molar-refractivity contribution is 5.92. The molecule has 0 aliphatic carbocycles. The molecule has 7 heteroatoms. The van der Waals surface area contributed by atoms with Gasteiger partial charge in [-0.3, -0.25) is 9.59 Å². The summed E-state index contributed by atoms with van der Waals surface area (Å²) < 4.78 is 12.8. The van der Waals surface area contributed by atoms with Crippen LogP contribution in [0.4, 0.5) is 0 Å². The minimum absolute atomic E-state index is 0.0324. The molecule has 3 rings (SSSR count). The molecule has 142 valence electrons. The number of aromatic nitrogens is 1. The highest BCUT2D eigenvalue weighted by atomic mass is 16.5. The number of methoxy groups -OCH3 is 1. The van der Waals surface area contributed by atoms with Gasteiger partial charge in [-0.1, -0.05) is 6.07 Å². The van der Waals surface area contributed by atoms with Crippen molar-refractivity contribution in [1.29, 1.82) is 0 Å². The van der Waals surface area contributed by atoms with Crippen molar-refractivity contribution in [3.05, 3.63) is 53.9 Å². The van der Waals surface area contributed by atoms with Crippen LogP contribution in [0.15, 0.2) is 42.6 Å². The number of benzene rings is 1. The second-order valence-corrected chi connectivity index (χ2v) is 6.33. The lowest BCUT2D eigenvalue weighted by Crippen LogP contribution is -2.39. The van der Waals surface area contributed by atoms with Gasteiger partial charge in [0.15, 0.2) is 18.1 Å². The summed E-state index contributed by atoms with van der Waals surface area (Å²) in [5.74, 6) is 0.289. The average Bonchev–Trinajstić information content (AvgIpc) is 3.14. The van der Waals surface area contributed by atoms with Gasteiger partial charge >= 0.3 is 0 Å². The predicted octanol–water partition coefficient (Wildman–Crippen LogP) is 1.98. The largest absolute Gasteiger partial charge is 0.493 e. The number of carbonyl (C=O) groups is 2. The van der Waals surface area contributed by atoms with E-state index in [9.17, 15) is 9.59 Å². The number of primary amides is 1. The summed E-state index contributed by atoms with van der Waals surface area (Å²) in [6.07, 6.45) is 5.34. The molecule has 0 saturated heterocycles. The van der Waals surface area contributed by atoms with Crippen LogP contribution in [0.1, 0.15) is 24.2 Å². The van der Waals surface area contributed by atoms with Gasteiger partial charge in [0.1, 0.15) is 0 Å². The molecule has 0 fully saturated rings. The molecule has 2 aromatic rings. The topological polar surface area (TPSA) is 86.8 Å². The van der Waals surface area contributed by atoms with Gasteiger partial charge in [-0.15, -0.1) is 0 Å². The Morgan fingerprint density at radius 1 is 1.26 bits per heavy atom. The van der Waals surface area contributed by atoms with Gasteiger partial charge in [-0.05, 0) is 42.8 Å². The summed E-state index contributed by atoms with van der Waals surface area (Å²) in [5.41, 5.74) is 7.02. The van der Waals surface area contributed by atoms with Gasteiger partial charge < -0.3 is 24.7 Å². The molecule has 1 atom stereocenters. The smallest absolute Gasteiger partial charge is 0.255 e.